The number of methoxy groups -OCH3 is 1. The fraction of sp³-hybridized carbons (Fsp3) is 0.600. The van der Waals surface area contributed by atoms with Crippen molar-refractivity contribution in [3.05, 3.63) is 18.2 Å². The normalized spacial score (nSPS) is 23.7. The lowest BCUT2D eigenvalue weighted by Gasteiger charge is -2.35. The summed E-state index contributed by atoms with van der Waals surface area (Å²) in [4.78, 5) is 2.36. The molecule has 0 radical (unpaired) electrons. The largest absolute Gasteiger partial charge is 0.497 e. The van der Waals surface area contributed by atoms with Gasteiger partial charge in [-0.2, -0.15) is 0 Å². The van der Waals surface area contributed by atoms with E-state index in [1.54, 1.807) is 7.11 Å². The number of benzene rings is 1. The summed E-state index contributed by atoms with van der Waals surface area (Å²) in [5.41, 5.74) is 7.85. The van der Waals surface area contributed by atoms with Crippen LogP contribution < -0.4 is 15.4 Å². The average Bonchev–Trinajstić information content (AvgIpc) is 2.37. The van der Waals surface area contributed by atoms with Crippen molar-refractivity contribution in [1.82, 2.24) is 0 Å². The van der Waals surface area contributed by atoms with E-state index in [1.807, 2.05) is 12.1 Å². The maximum atomic E-state index is 5.92. The van der Waals surface area contributed by atoms with Crippen molar-refractivity contribution < 1.29 is 4.74 Å². The second-order valence-electron chi connectivity index (χ2n) is 5.50. The minimum Gasteiger partial charge on any atom is -0.497 e. The molecule has 0 bridgehead atoms. The third-order valence-electron chi connectivity index (χ3n) is 4.01. The standard InChI is InChI=1S/C15H24N2O/c1-11-5-4-6-13(7-11)17(2)14-8-12(16)9-15(10-14)18-3/h8-11,13H,4-7,16H2,1-3H3. The number of nitrogens with zero attached hydrogens (tertiary/aromatic N) is 1. The van der Waals surface area contributed by atoms with Crippen LogP contribution in [0.2, 0.25) is 0 Å². The summed E-state index contributed by atoms with van der Waals surface area (Å²) in [5, 5.41) is 0. The topological polar surface area (TPSA) is 38.5 Å². The van der Waals surface area contributed by atoms with Gasteiger partial charge in [0.05, 0.1) is 7.11 Å². The number of ether oxygens (including phenoxy) is 1. The SMILES string of the molecule is COc1cc(N)cc(N(C)C2CCCC(C)C2)c1. The first-order valence-electron chi connectivity index (χ1n) is 6.77. The van der Waals surface area contributed by atoms with Crippen molar-refractivity contribution in [3.63, 3.8) is 0 Å². The highest BCUT2D eigenvalue weighted by atomic mass is 16.5. The minimum absolute atomic E-state index is 0.625. The lowest BCUT2D eigenvalue weighted by molar-refractivity contribution is 0.336. The van der Waals surface area contributed by atoms with Crippen molar-refractivity contribution in [3.8, 4) is 5.75 Å². The number of rotatable bonds is 3. The lowest BCUT2D eigenvalue weighted by Crippen LogP contribution is -2.35. The van der Waals surface area contributed by atoms with Gasteiger partial charge in [-0.05, 0) is 24.8 Å². The molecule has 1 aromatic rings. The molecule has 2 atom stereocenters. The van der Waals surface area contributed by atoms with Crippen LogP contribution in [0.1, 0.15) is 32.6 Å². The number of hydrogen-bond donors (Lipinski definition) is 1. The van der Waals surface area contributed by atoms with Gasteiger partial charge in [-0.25, -0.2) is 0 Å². The zero-order valence-electron chi connectivity index (χ0n) is 11.6. The Morgan fingerprint density at radius 2 is 2.06 bits per heavy atom. The molecule has 100 valence electrons. The molecule has 0 amide bonds. The fourth-order valence-corrected chi connectivity index (χ4v) is 2.89. The van der Waals surface area contributed by atoms with Crippen LogP contribution in [0.15, 0.2) is 18.2 Å². The monoisotopic (exact) mass is 248 g/mol. The lowest BCUT2D eigenvalue weighted by atomic mass is 9.86. The van der Waals surface area contributed by atoms with E-state index in [0.29, 0.717) is 6.04 Å². The van der Waals surface area contributed by atoms with Gasteiger partial charge in [0.25, 0.3) is 0 Å². The minimum atomic E-state index is 0.625. The van der Waals surface area contributed by atoms with Crippen LogP contribution >= 0.6 is 0 Å². The van der Waals surface area contributed by atoms with Crippen LogP contribution in [0.5, 0.6) is 5.75 Å². The summed E-state index contributed by atoms with van der Waals surface area (Å²) in [6.07, 6.45) is 5.24. The van der Waals surface area contributed by atoms with Gasteiger partial charge in [-0.15, -0.1) is 0 Å². The quantitative estimate of drug-likeness (QED) is 0.834. The molecule has 3 heteroatoms. The van der Waals surface area contributed by atoms with Gasteiger partial charge >= 0.3 is 0 Å². The van der Waals surface area contributed by atoms with E-state index >= 15 is 0 Å². The van der Waals surface area contributed by atoms with Crippen molar-refractivity contribution in [2.24, 2.45) is 5.92 Å². The van der Waals surface area contributed by atoms with E-state index in [-0.39, 0.29) is 0 Å². The third kappa shape index (κ3) is 2.89. The highest BCUT2D eigenvalue weighted by Gasteiger charge is 2.22. The zero-order valence-corrected chi connectivity index (χ0v) is 11.6. The summed E-state index contributed by atoms with van der Waals surface area (Å²) in [6, 6.07) is 6.58. The first-order valence-corrected chi connectivity index (χ1v) is 6.77. The van der Waals surface area contributed by atoms with Gasteiger partial charge in [0.15, 0.2) is 0 Å². The van der Waals surface area contributed by atoms with E-state index < -0.39 is 0 Å². The van der Waals surface area contributed by atoms with Crippen LogP contribution in [-0.2, 0) is 0 Å². The second-order valence-corrected chi connectivity index (χ2v) is 5.50. The van der Waals surface area contributed by atoms with E-state index in [2.05, 4.69) is 24.9 Å². The summed E-state index contributed by atoms with van der Waals surface area (Å²) in [5.74, 6) is 1.66. The molecule has 1 aliphatic carbocycles. The van der Waals surface area contributed by atoms with Crippen LogP contribution in [-0.4, -0.2) is 20.2 Å². The van der Waals surface area contributed by atoms with Gasteiger partial charge in [0, 0.05) is 36.6 Å². The van der Waals surface area contributed by atoms with E-state index in [9.17, 15) is 0 Å². The number of nitrogens with two attached hydrogens (primary N) is 1. The van der Waals surface area contributed by atoms with Crippen LogP contribution in [0.25, 0.3) is 0 Å². The number of anilines is 2. The van der Waals surface area contributed by atoms with Crippen molar-refractivity contribution in [2.75, 3.05) is 24.8 Å². The van der Waals surface area contributed by atoms with Gasteiger partial charge in [-0.1, -0.05) is 19.8 Å². The first-order chi connectivity index (χ1) is 8.60. The summed E-state index contributed by atoms with van der Waals surface area (Å²) < 4.78 is 5.29. The molecular formula is C15H24N2O. The average molecular weight is 248 g/mol. The fourth-order valence-electron chi connectivity index (χ4n) is 2.89. The van der Waals surface area contributed by atoms with Gasteiger partial charge in [0.2, 0.25) is 0 Å². The zero-order chi connectivity index (χ0) is 13.1. The molecule has 18 heavy (non-hydrogen) atoms. The van der Waals surface area contributed by atoms with Gasteiger partial charge < -0.3 is 15.4 Å². The predicted octanol–water partition coefficient (Wildman–Crippen LogP) is 3.29. The summed E-state index contributed by atoms with van der Waals surface area (Å²) >= 11 is 0. The van der Waals surface area contributed by atoms with E-state index in [4.69, 9.17) is 10.5 Å². The summed E-state index contributed by atoms with van der Waals surface area (Å²) in [7, 11) is 3.85. The molecular weight excluding hydrogens is 224 g/mol. The molecule has 0 saturated heterocycles. The first kappa shape index (κ1) is 13.1. The Bertz CT molecular complexity index is 405. The highest BCUT2D eigenvalue weighted by molar-refractivity contribution is 5.60. The van der Waals surface area contributed by atoms with Crippen LogP contribution in [0.3, 0.4) is 0 Å². The molecule has 2 N–H and O–H groups in total. The molecule has 1 fully saturated rings. The van der Waals surface area contributed by atoms with Crippen LogP contribution in [0.4, 0.5) is 11.4 Å². The smallest absolute Gasteiger partial charge is 0.122 e. The Labute approximate surface area is 110 Å². The molecule has 1 aliphatic rings. The number of nitrogen functional groups attached to an aromatic ring is 1. The van der Waals surface area contributed by atoms with Gasteiger partial charge in [0.1, 0.15) is 5.75 Å². The molecule has 0 aliphatic heterocycles. The Morgan fingerprint density at radius 3 is 2.72 bits per heavy atom. The van der Waals surface area contributed by atoms with Crippen molar-refractivity contribution in [1.29, 1.82) is 0 Å². The molecule has 3 nitrogen and oxygen atoms in total. The summed E-state index contributed by atoms with van der Waals surface area (Å²) in [6.45, 7) is 2.35. The Hall–Kier alpha value is -1.38. The van der Waals surface area contributed by atoms with Crippen molar-refractivity contribution >= 4 is 11.4 Å². The second kappa shape index (κ2) is 5.51. The van der Waals surface area contributed by atoms with Crippen molar-refractivity contribution in [2.45, 2.75) is 38.6 Å². The van der Waals surface area contributed by atoms with Gasteiger partial charge in [-0.3, -0.25) is 0 Å². The van der Waals surface area contributed by atoms with Crippen LogP contribution in [0, 0.1) is 5.92 Å². The predicted molar refractivity (Wildman–Crippen MR) is 77.2 cm³/mol. The van der Waals surface area contributed by atoms with E-state index in [0.717, 1.165) is 23.0 Å². The molecule has 1 aromatic carbocycles. The third-order valence-corrected chi connectivity index (χ3v) is 4.01. The molecule has 2 rings (SSSR count). The Morgan fingerprint density at radius 1 is 1.28 bits per heavy atom. The molecule has 1 saturated carbocycles. The molecule has 0 aromatic heterocycles. The number of hydrogen-bond acceptors (Lipinski definition) is 3. The molecule has 2 unspecified atom stereocenters. The maximum Gasteiger partial charge on any atom is 0.122 e. The molecule has 0 heterocycles. The highest BCUT2D eigenvalue weighted by Crippen LogP contribution is 2.32. The van der Waals surface area contributed by atoms with E-state index in [1.165, 1.54) is 25.7 Å². The maximum absolute atomic E-state index is 5.92. The Kier molecular flexibility index (Phi) is 4.00. The Balaban J connectivity index is 2.16. The molecule has 0 spiro atoms.